The number of halogens is 1. The van der Waals surface area contributed by atoms with Crippen molar-refractivity contribution in [3.8, 4) is 28.2 Å². The van der Waals surface area contributed by atoms with E-state index in [-0.39, 0.29) is 0 Å². The molecular weight excluding hydrogens is 744 g/mol. The summed E-state index contributed by atoms with van der Waals surface area (Å²) in [4.78, 5) is 1.71. The van der Waals surface area contributed by atoms with E-state index in [9.17, 15) is 0 Å². The maximum absolute atomic E-state index is 4.91. The zero-order valence-corrected chi connectivity index (χ0v) is 30.6. The van der Waals surface area contributed by atoms with Gasteiger partial charge in [-0.2, -0.15) is 0 Å². The van der Waals surface area contributed by atoms with Crippen molar-refractivity contribution in [3.63, 3.8) is 0 Å². The summed E-state index contributed by atoms with van der Waals surface area (Å²) in [6, 6.07) is 36.2. The molecule has 2 aromatic heterocycles. The average molecular weight is 782 g/mol. The summed E-state index contributed by atoms with van der Waals surface area (Å²) in [5, 5.41) is 4.83. The van der Waals surface area contributed by atoms with E-state index in [4.69, 9.17) is 15.0 Å². The summed E-state index contributed by atoms with van der Waals surface area (Å²) < 4.78 is 8.14. The van der Waals surface area contributed by atoms with Gasteiger partial charge in [-0.3, -0.25) is 0 Å². The molecule has 0 N–H and O–H groups in total. The first-order chi connectivity index (χ1) is 23.4. The summed E-state index contributed by atoms with van der Waals surface area (Å²) in [6.45, 7) is 6.35. The number of aryl methyl sites for hydroxylation is 3. The molecule has 0 aliphatic carbocycles. The van der Waals surface area contributed by atoms with Crippen LogP contribution in [0, 0.1) is 3.57 Å². The molecule has 2 heterocycles. The number of benzene rings is 5. The van der Waals surface area contributed by atoms with Gasteiger partial charge in [0.05, 0.1) is 0 Å². The molecule has 0 saturated heterocycles. The topological polar surface area (TPSA) is 12.7 Å². The third-order valence-corrected chi connectivity index (χ3v) is 10.2. The van der Waals surface area contributed by atoms with Crippen molar-refractivity contribution in [1.29, 1.82) is 0 Å². The fourth-order valence-corrected chi connectivity index (χ4v) is 7.42. The molecule has 0 bridgehead atoms. The normalized spacial score (nSPS) is 11.9. The van der Waals surface area contributed by atoms with Gasteiger partial charge in [0.1, 0.15) is 7.05 Å². The minimum absolute atomic E-state index is 1.02. The molecule has 0 aliphatic rings. The Morgan fingerprint density at radius 2 is 1.48 bits per heavy atom. The Morgan fingerprint density at radius 1 is 0.792 bits per heavy atom. The molecule has 0 saturated carbocycles. The van der Waals surface area contributed by atoms with Crippen LogP contribution in [0.25, 0.3) is 66.4 Å². The summed E-state index contributed by atoms with van der Waals surface area (Å²) >= 11 is 7.30. The van der Waals surface area contributed by atoms with E-state index >= 15 is 0 Å². The van der Waals surface area contributed by atoms with Crippen LogP contribution >= 0.6 is 22.6 Å². The molecule has 5 aromatic carbocycles. The number of allylic oxidation sites excluding steroid dienone is 3. The quantitative estimate of drug-likeness (QED) is 0.0455. The van der Waals surface area contributed by atoms with Gasteiger partial charge in [0.15, 0.2) is 0 Å². The van der Waals surface area contributed by atoms with Crippen molar-refractivity contribution in [2.24, 2.45) is 14.1 Å². The monoisotopic (exact) mass is 781 g/mol. The zero-order valence-electron chi connectivity index (χ0n) is 27.5. The zero-order chi connectivity index (χ0) is 33.4. The summed E-state index contributed by atoms with van der Waals surface area (Å²) in [6.07, 6.45) is 11.6. The Bertz CT molecular complexity index is 2360. The molecule has 5 heteroatoms. The number of imidazole rings is 1. The van der Waals surface area contributed by atoms with Gasteiger partial charge in [-0.1, -0.05) is 25.5 Å². The van der Waals surface area contributed by atoms with Gasteiger partial charge in [0, 0.05) is 3.57 Å². The van der Waals surface area contributed by atoms with Crippen LogP contribution in [0.2, 0.25) is 0 Å². The van der Waals surface area contributed by atoms with Crippen molar-refractivity contribution >= 4 is 65.7 Å². The molecule has 0 aliphatic heterocycles. The van der Waals surface area contributed by atoms with E-state index in [1.165, 1.54) is 71.2 Å². The Kier molecular flexibility index (Phi) is 9.26. The Balaban J connectivity index is 1.62. The SMILES string of the molecule is C=C/C(=C\[CH]=[Ni])c1ccc2c(c1)c1cc(-c3cc[n+](C)cc3)ccc1c1c2n(-c2ccc(I)cc2)c(-c2ccc(CCCC)cc2)[n+]1C. The number of aromatic nitrogens is 3. The first-order valence-electron chi connectivity index (χ1n) is 16.4. The number of fused-ring (bicyclic) bond motifs is 6. The molecule has 0 unspecified atom stereocenters. The summed E-state index contributed by atoms with van der Waals surface area (Å²) in [5.74, 6) is 1.15. The maximum atomic E-state index is 4.91. The van der Waals surface area contributed by atoms with E-state index in [0.717, 1.165) is 29.1 Å². The second kappa shape index (κ2) is 13.7. The molecule has 0 amide bonds. The molecule has 0 spiro atoms. The number of unbranched alkanes of at least 4 members (excludes halogenated alkanes) is 1. The second-order valence-corrected chi connectivity index (χ2v) is 14.0. The third-order valence-electron chi connectivity index (χ3n) is 9.37. The van der Waals surface area contributed by atoms with Crippen LogP contribution < -0.4 is 9.13 Å². The standard InChI is InChI=1S/C43H38IN3.Ni/c1-6-9-10-29-11-13-32(14-12-29)43-46(5)41-37-21-16-34(31-23-25-45(4)26-24-31)28-39(37)40-27-33(30(7-2)8-3)15-22-38(40)42(41)47(43)36-19-17-35(44)18-20-36;/h2,7-8,11-28H,3,6,9-10H2,1,4-5H3;/q+2;/b30-7+;. The van der Waals surface area contributed by atoms with Gasteiger partial charge >= 0.3 is 224 Å². The number of rotatable bonds is 9. The van der Waals surface area contributed by atoms with Gasteiger partial charge in [0.25, 0.3) is 0 Å². The van der Waals surface area contributed by atoms with Crippen molar-refractivity contribution in [1.82, 2.24) is 4.57 Å². The van der Waals surface area contributed by atoms with Crippen molar-refractivity contribution < 1.29 is 24.2 Å². The van der Waals surface area contributed by atoms with Gasteiger partial charge < -0.3 is 0 Å². The van der Waals surface area contributed by atoms with E-state index in [1.807, 2.05) is 12.2 Å². The molecule has 0 radical (unpaired) electrons. The van der Waals surface area contributed by atoms with Gasteiger partial charge in [-0.05, 0) is 41.0 Å². The Hall–Kier alpha value is -4.19. The van der Waals surface area contributed by atoms with Gasteiger partial charge in [-0.15, -0.1) is 0 Å². The molecule has 240 valence electrons. The predicted octanol–water partition coefficient (Wildman–Crippen LogP) is 9.79. The van der Waals surface area contributed by atoms with Crippen LogP contribution in [0.5, 0.6) is 0 Å². The van der Waals surface area contributed by atoms with Crippen LogP contribution in [0.1, 0.15) is 30.9 Å². The number of nitrogens with zero attached hydrogens (tertiary/aromatic N) is 3. The van der Waals surface area contributed by atoms with E-state index < -0.39 is 0 Å². The third kappa shape index (κ3) is 5.88. The van der Waals surface area contributed by atoms with E-state index in [1.54, 1.807) is 4.99 Å². The Morgan fingerprint density at radius 3 is 2.17 bits per heavy atom. The molecule has 0 fully saturated rings. The number of hydrogen-bond donors (Lipinski definition) is 0. The molecule has 48 heavy (non-hydrogen) atoms. The van der Waals surface area contributed by atoms with Crippen molar-refractivity contribution in [3.05, 3.63) is 143 Å². The van der Waals surface area contributed by atoms with Gasteiger partial charge in [0.2, 0.25) is 0 Å². The fraction of sp³-hybridized carbons (Fsp3) is 0.140. The molecular formula is C43H38IN3Ni+2. The van der Waals surface area contributed by atoms with Crippen LogP contribution in [0.3, 0.4) is 0 Å². The second-order valence-electron chi connectivity index (χ2n) is 12.4. The number of pyridine rings is 1. The van der Waals surface area contributed by atoms with E-state index in [0.29, 0.717) is 0 Å². The van der Waals surface area contributed by atoms with E-state index in [2.05, 4.69) is 173 Å². The van der Waals surface area contributed by atoms with Crippen LogP contribution in [-0.2, 0) is 35.5 Å². The van der Waals surface area contributed by atoms with Crippen molar-refractivity contribution in [2.45, 2.75) is 26.2 Å². The molecule has 0 atom stereocenters. The minimum atomic E-state index is 1.02. The Labute approximate surface area is 303 Å². The molecule has 7 aromatic rings. The molecule has 3 nitrogen and oxygen atoms in total. The predicted molar refractivity (Wildman–Crippen MR) is 207 cm³/mol. The van der Waals surface area contributed by atoms with Crippen LogP contribution in [0.4, 0.5) is 0 Å². The first-order valence-corrected chi connectivity index (χ1v) is 18.0. The first kappa shape index (κ1) is 32.4. The average Bonchev–Trinajstić information content (AvgIpc) is 3.43. The van der Waals surface area contributed by atoms with Crippen LogP contribution in [0.15, 0.2) is 128 Å². The number of hydrogen-bond acceptors (Lipinski definition) is 0. The van der Waals surface area contributed by atoms with Crippen LogP contribution in [-0.4, -0.2) is 9.56 Å². The fourth-order valence-electron chi connectivity index (χ4n) is 6.89. The van der Waals surface area contributed by atoms with Crippen molar-refractivity contribution in [2.75, 3.05) is 0 Å². The summed E-state index contributed by atoms with van der Waals surface area (Å²) in [5.41, 5.74) is 10.6. The van der Waals surface area contributed by atoms with Gasteiger partial charge in [-0.25, -0.2) is 4.57 Å². The molecule has 7 rings (SSSR count). The summed E-state index contributed by atoms with van der Waals surface area (Å²) in [7, 11) is 4.27.